The number of likely N-dealkylation sites (N-methyl/N-ethyl adjacent to an activating group) is 1. The van der Waals surface area contributed by atoms with Gasteiger partial charge >= 0.3 is 6.18 Å². The first-order chi connectivity index (χ1) is 15.3. The molecule has 32 heavy (non-hydrogen) atoms. The van der Waals surface area contributed by atoms with Gasteiger partial charge in [0.1, 0.15) is 0 Å². The van der Waals surface area contributed by atoms with Gasteiger partial charge in [-0.25, -0.2) is 0 Å². The molecule has 4 rings (SSSR count). The number of aromatic nitrogens is 1. The quantitative estimate of drug-likeness (QED) is 0.371. The Morgan fingerprint density at radius 2 is 1.62 bits per heavy atom. The number of hydrogen-bond donors (Lipinski definition) is 0. The average Bonchev–Trinajstić information content (AvgIpc) is 2.78. The van der Waals surface area contributed by atoms with E-state index in [1.807, 2.05) is 61.5 Å². The van der Waals surface area contributed by atoms with E-state index in [1.54, 1.807) is 18.0 Å². The van der Waals surface area contributed by atoms with Gasteiger partial charge in [0, 0.05) is 24.3 Å². The van der Waals surface area contributed by atoms with Gasteiger partial charge in [-0.15, -0.1) is 0 Å². The molecule has 0 spiro atoms. The van der Waals surface area contributed by atoms with Crippen molar-refractivity contribution in [2.45, 2.75) is 19.5 Å². The van der Waals surface area contributed by atoms with Crippen LogP contribution in [-0.4, -0.2) is 17.9 Å². The van der Waals surface area contributed by atoms with Crippen molar-refractivity contribution < 1.29 is 18.0 Å². The summed E-state index contributed by atoms with van der Waals surface area (Å²) in [6.07, 6.45) is -3.13. The van der Waals surface area contributed by atoms with Crippen LogP contribution in [0.4, 0.5) is 18.9 Å². The molecule has 0 aliphatic rings. The van der Waals surface area contributed by atoms with E-state index < -0.39 is 11.7 Å². The maximum atomic E-state index is 13.6. The summed E-state index contributed by atoms with van der Waals surface area (Å²) in [5, 5.41) is 0.370. The number of pyridine rings is 1. The first-order valence-corrected chi connectivity index (χ1v) is 10.1. The van der Waals surface area contributed by atoms with E-state index in [4.69, 9.17) is 0 Å². The van der Waals surface area contributed by atoms with Crippen molar-refractivity contribution in [2.24, 2.45) is 0 Å². The van der Waals surface area contributed by atoms with Gasteiger partial charge in [0.25, 0.3) is 0 Å². The van der Waals surface area contributed by atoms with Gasteiger partial charge in [0.05, 0.1) is 17.5 Å². The zero-order valence-electron chi connectivity index (χ0n) is 17.6. The molecule has 1 amide bonds. The van der Waals surface area contributed by atoms with Crippen molar-refractivity contribution in [3.8, 4) is 11.1 Å². The lowest BCUT2D eigenvalue weighted by Crippen LogP contribution is -2.28. The van der Waals surface area contributed by atoms with Crippen LogP contribution in [0.5, 0.6) is 0 Å². The third-order valence-corrected chi connectivity index (χ3v) is 5.48. The number of rotatable bonds is 4. The van der Waals surface area contributed by atoms with E-state index >= 15 is 0 Å². The summed E-state index contributed by atoms with van der Waals surface area (Å²) in [6, 6.07) is 20.7. The molecule has 0 saturated heterocycles. The second-order valence-corrected chi connectivity index (χ2v) is 7.69. The summed E-state index contributed by atoms with van der Waals surface area (Å²) < 4.78 is 40.8. The molecule has 6 heteroatoms. The van der Waals surface area contributed by atoms with E-state index in [2.05, 4.69) is 4.98 Å². The number of hydrogen-bond acceptors (Lipinski definition) is 2. The second kappa shape index (κ2) is 8.46. The second-order valence-electron chi connectivity index (χ2n) is 7.69. The Morgan fingerprint density at radius 1 is 0.938 bits per heavy atom. The van der Waals surface area contributed by atoms with Gasteiger partial charge in [0.15, 0.2) is 0 Å². The van der Waals surface area contributed by atoms with Crippen molar-refractivity contribution in [3.05, 3.63) is 95.7 Å². The van der Waals surface area contributed by atoms with Crippen LogP contribution < -0.4 is 4.90 Å². The van der Waals surface area contributed by atoms with Crippen LogP contribution in [0.3, 0.4) is 0 Å². The number of halogens is 3. The molecule has 3 nitrogen and oxygen atoms in total. The Hall–Kier alpha value is -3.67. The number of nitrogens with zero attached hydrogens (tertiary/aromatic N) is 2. The largest absolute Gasteiger partial charge is 0.418 e. The molecular weight excluding hydrogens is 413 g/mol. The molecule has 1 heterocycles. The van der Waals surface area contributed by atoms with Crippen LogP contribution in [0.25, 0.3) is 22.0 Å². The van der Waals surface area contributed by atoms with Crippen molar-refractivity contribution in [3.63, 3.8) is 0 Å². The Balaban J connectivity index is 1.82. The minimum atomic E-state index is -4.52. The molecule has 0 unspecified atom stereocenters. The minimum absolute atomic E-state index is 0.00773. The van der Waals surface area contributed by atoms with Gasteiger partial charge < -0.3 is 4.90 Å². The third-order valence-electron chi connectivity index (χ3n) is 5.48. The van der Waals surface area contributed by atoms with Crippen LogP contribution in [-0.2, 0) is 17.4 Å². The number of para-hydroxylation sites is 1. The van der Waals surface area contributed by atoms with E-state index in [9.17, 15) is 18.0 Å². The van der Waals surface area contributed by atoms with Crippen LogP contribution in [0.1, 0.15) is 16.7 Å². The minimum Gasteiger partial charge on any atom is -0.315 e. The highest BCUT2D eigenvalue weighted by Gasteiger charge is 2.33. The van der Waals surface area contributed by atoms with Crippen LogP contribution in [0, 0.1) is 6.92 Å². The predicted octanol–water partition coefficient (Wildman–Crippen LogP) is 6.43. The number of amides is 1. The smallest absolute Gasteiger partial charge is 0.315 e. The normalized spacial score (nSPS) is 11.5. The number of alkyl halides is 3. The van der Waals surface area contributed by atoms with Crippen LogP contribution in [0.2, 0.25) is 0 Å². The topological polar surface area (TPSA) is 33.2 Å². The summed E-state index contributed by atoms with van der Waals surface area (Å²) in [4.78, 5) is 18.7. The number of fused-ring (bicyclic) bond motifs is 1. The van der Waals surface area contributed by atoms with Gasteiger partial charge in [-0.2, -0.15) is 13.2 Å². The molecule has 0 bridgehead atoms. The maximum absolute atomic E-state index is 13.6. The van der Waals surface area contributed by atoms with E-state index in [0.29, 0.717) is 16.5 Å². The van der Waals surface area contributed by atoms with Crippen LogP contribution >= 0.6 is 0 Å². The lowest BCUT2D eigenvalue weighted by atomic mass is 9.93. The SMILES string of the molecule is Cc1ccc(N(C)C(=O)Cc2cnc3c(C(F)(F)F)cccc3c2-c2ccccc2)cc1. The number of anilines is 1. The first-order valence-electron chi connectivity index (χ1n) is 10.1. The summed E-state index contributed by atoms with van der Waals surface area (Å²) >= 11 is 0. The summed E-state index contributed by atoms with van der Waals surface area (Å²) in [6.45, 7) is 1.97. The van der Waals surface area contributed by atoms with E-state index in [1.165, 1.54) is 12.3 Å². The number of carbonyl (C=O) groups is 1. The monoisotopic (exact) mass is 434 g/mol. The lowest BCUT2D eigenvalue weighted by Gasteiger charge is -2.20. The molecule has 162 valence electrons. The Labute approximate surface area is 184 Å². The fourth-order valence-electron chi connectivity index (χ4n) is 3.77. The predicted molar refractivity (Wildman–Crippen MR) is 120 cm³/mol. The average molecular weight is 434 g/mol. The molecule has 0 saturated carbocycles. The van der Waals surface area contributed by atoms with Gasteiger partial charge in [-0.05, 0) is 41.8 Å². The Bertz CT molecular complexity index is 1270. The fraction of sp³-hybridized carbons (Fsp3) is 0.154. The summed E-state index contributed by atoms with van der Waals surface area (Å²) in [5.74, 6) is -0.181. The summed E-state index contributed by atoms with van der Waals surface area (Å²) in [5.41, 5.74) is 2.82. The van der Waals surface area contributed by atoms with Crippen molar-refractivity contribution in [1.82, 2.24) is 4.98 Å². The highest BCUT2D eigenvalue weighted by molar-refractivity contribution is 6.01. The molecule has 1 aromatic heterocycles. The van der Waals surface area contributed by atoms with Gasteiger partial charge in [0.2, 0.25) is 5.91 Å². The Kier molecular flexibility index (Phi) is 5.70. The zero-order chi connectivity index (χ0) is 22.9. The molecule has 4 aromatic rings. The number of carbonyl (C=O) groups excluding carboxylic acids is 1. The summed E-state index contributed by atoms with van der Waals surface area (Å²) in [7, 11) is 1.69. The molecule has 0 fully saturated rings. The van der Waals surface area contributed by atoms with E-state index in [-0.39, 0.29) is 17.8 Å². The molecule has 0 atom stereocenters. The maximum Gasteiger partial charge on any atom is 0.418 e. The van der Waals surface area contributed by atoms with Gasteiger partial charge in [-0.3, -0.25) is 9.78 Å². The standard InChI is InChI=1S/C26H21F3N2O/c1-17-11-13-20(14-12-17)31(2)23(32)15-19-16-30-25-21(9-6-10-22(25)26(27,28)29)24(19)18-7-4-3-5-8-18/h3-14,16H,15H2,1-2H3. The first kappa shape index (κ1) is 21.6. The van der Waals surface area contributed by atoms with Crippen LogP contribution in [0.15, 0.2) is 79.0 Å². The highest BCUT2D eigenvalue weighted by Crippen LogP contribution is 2.38. The molecule has 0 N–H and O–H groups in total. The third kappa shape index (κ3) is 4.21. The number of aryl methyl sites for hydroxylation is 1. The van der Waals surface area contributed by atoms with Crippen molar-refractivity contribution in [1.29, 1.82) is 0 Å². The zero-order valence-corrected chi connectivity index (χ0v) is 17.6. The molecule has 0 radical (unpaired) electrons. The van der Waals surface area contributed by atoms with Crippen molar-refractivity contribution in [2.75, 3.05) is 11.9 Å². The van der Waals surface area contributed by atoms with E-state index in [0.717, 1.165) is 22.9 Å². The molecular formula is C26H21F3N2O. The lowest BCUT2D eigenvalue weighted by molar-refractivity contribution is -0.136. The van der Waals surface area contributed by atoms with Crippen molar-refractivity contribution >= 4 is 22.5 Å². The highest BCUT2D eigenvalue weighted by atomic mass is 19.4. The van der Waals surface area contributed by atoms with Gasteiger partial charge in [-0.1, -0.05) is 60.2 Å². The fourth-order valence-corrected chi connectivity index (χ4v) is 3.77. The number of benzene rings is 3. The molecule has 3 aromatic carbocycles. The Morgan fingerprint density at radius 3 is 2.28 bits per heavy atom. The molecule has 0 aliphatic carbocycles. The molecule has 0 aliphatic heterocycles.